The summed E-state index contributed by atoms with van der Waals surface area (Å²) in [5.41, 5.74) is 3.64. The van der Waals surface area contributed by atoms with Crippen LogP contribution in [-0.2, 0) is 25.5 Å². The van der Waals surface area contributed by atoms with Crippen LogP contribution in [0.1, 0.15) is 52.0 Å². The number of nitro groups is 1. The van der Waals surface area contributed by atoms with Gasteiger partial charge in [-0.2, -0.15) is 0 Å². The molecule has 0 bridgehead atoms. The van der Waals surface area contributed by atoms with Crippen molar-refractivity contribution in [3.05, 3.63) is 92.0 Å². The zero-order valence-electron chi connectivity index (χ0n) is 24.4. The van der Waals surface area contributed by atoms with Crippen molar-refractivity contribution in [3.63, 3.8) is 0 Å². The topological polar surface area (TPSA) is 135 Å². The van der Waals surface area contributed by atoms with Gasteiger partial charge in [-0.1, -0.05) is 36.4 Å². The maximum atomic E-state index is 13.5. The molecule has 3 aromatic rings. The van der Waals surface area contributed by atoms with E-state index in [4.69, 9.17) is 18.9 Å². The fourth-order valence-corrected chi connectivity index (χ4v) is 5.05. The molecular weight excluding hydrogens is 556 g/mol. The average Bonchev–Trinajstić information content (AvgIpc) is 2.98. The first kappa shape index (κ1) is 30.8. The van der Waals surface area contributed by atoms with Crippen LogP contribution < -0.4 is 14.4 Å². The summed E-state index contributed by atoms with van der Waals surface area (Å²) in [7, 11) is 3.02. The van der Waals surface area contributed by atoms with E-state index in [0.717, 1.165) is 5.56 Å². The van der Waals surface area contributed by atoms with E-state index in [1.54, 1.807) is 42.5 Å². The Labute approximate surface area is 248 Å². The normalized spacial score (nSPS) is 11.9. The summed E-state index contributed by atoms with van der Waals surface area (Å²) in [4.78, 5) is 49.4. The van der Waals surface area contributed by atoms with Crippen LogP contribution in [0.5, 0.6) is 11.5 Å². The van der Waals surface area contributed by atoms with E-state index in [1.165, 1.54) is 34.1 Å². The van der Waals surface area contributed by atoms with Gasteiger partial charge in [-0.3, -0.25) is 24.5 Å². The lowest BCUT2D eigenvalue weighted by molar-refractivity contribution is -0.385. The third-order valence-electron chi connectivity index (χ3n) is 7.02. The van der Waals surface area contributed by atoms with Crippen molar-refractivity contribution < 1.29 is 38.3 Å². The largest absolute Gasteiger partial charge is 0.496 e. The molecule has 224 valence electrons. The van der Waals surface area contributed by atoms with Crippen LogP contribution in [-0.4, -0.2) is 63.2 Å². The third-order valence-corrected chi connectivity index (χ3v) is 7.02. The highest BCUT2D eigenvalue weighted by Gasteiger charge is 2.31. The molecule has 4 rings (SSSR count). The van der Waals surface area contributed by atoms with Gasteiger partial charge in [-0.15, -0.1) is 0 Å². The zero-order valence-corrected chi connectivity index (χ0v) is 24.4. The van der Waals surface area contributed by atoms with E-state index in [9.17, 15) is 24.5 Å². The molecule has 3 aromatic carbocycles. The summed E-state index contributed by atoms with van der Waals surface area (Å²) in [6, 6.07) is 13.6. The van der Waals surface area contributed by atoms with Crippen molar-refractivity contribution in [2.24, 2.45) is 0 Å². The number of methoxy groups -OCH3 is 2. The summed E-state index contributed by atoms with van der Waals surface area (Å²) in [5.74, 6) is -0.150. The van der Waals surface area contributed by atoms with E-state index in [1.807, 2.05) is 17.0 Å². The van der Waals surface area contributed by atoms with Gasteiger partial charge in [0.1, 0.15) is 24.7 Å². The first-order valence-corrected chi connectivity index (χ1v) is 13.5. The molecule has 0 radical (unpaired) electrons. The number of anilines is 1. The molecule has 0 spiro atoms. The Balaban J connectivity index is 1.73. The number of hydrogen-bond donors (Lipinski definition) is 0. The first-order chi connectivity index (χ1) is 20.6. The molecule has 0 fully saturated rings. The lowest BCUT2D eigenvalue weighted by Crippen LogP contribution is -2.32. The second-order valence-electron chi connectivity index (χ2n) is 9.71. The molecular formula is C32H32N2O9. The highest BCUT2D eigenvalue weighted by atomic mass is 16.6. The van der Waals surface area contributed by atoms with Crippen LogP contribution in [0, 0.1) is 10.1 Å². The molecule has 43 heavy (non-hydrogen) atoms. The van der Waals surface area contributed by atoms with Crippen molar-refractivity contribution in [1.82, 2.24) is 0 Å². The molecule has 11 heteroatoms. The van der Waals surface area contributed by atoms with E-state index in [-0.39, 0.29) is 31.1 Å². The van der Waals surface area contributed by atoms with Gasteiger partial charge in [0, 0.05) is 54.7 Å². The summed E-state index contributed by atoms with van der Waals surface area (Å²) >= 11 is 0. The molecule has 11 nitrogen and oxygen atoms in total. The Morgan fingerprint density at radius 1 is 0.907 bits per heavy atom. The third kappa shape index (κ3) is 7.00. The van der Waals surface area contributed by atoms with Crippen molar-refractivity contribution in [3.8, 4) is 11.5 Å². The highest BCUT2D eigenvalue weighted by Crippen LogP contribution is 2.38. The lowest BCUT2D eigenvalue weighted by Gasteiger charge is -2.27. The van der Waals surface area contributed by atoms with Crippen LogP contribution >= 0.6 is 0 Å². The Hall–Kier alpha value is -5.19. The van der Waals surface area contributed by atoms with E-state index < -0.39 is 16.9 Å². The monoisotopic (exact) mass is 588 g/mol. The van der Waals surface area contributed by atoms with Crippen LogP contribution in [0.4, 0.5) is 11.4 Å². The number of esters is 2. The van der Waals surface area contributed by atoms with Crippen molar-refractivity contribution in [1.29, 1.82) is 0 Å². The predicted molar refractivity (Wildman–Crippen MR) is 160 cm³/mol. The van der Waals surface area contributed by atoms with Gasteiger partial charge in [0.05, 0.1) is 37.9 Å². The average molecular weight is 589 g/mol. The van der Waals surface area contributed by atoms with Gasteiger partial charge >= 0.3 is 11.9 Å². The number of nitro benzene ring substituents is 1. The summed E-state index contributed by atoms with van der Waals surface area (Å²) in [5, 5.41) is 11.8. The van der Waals surface area contributed by atoms with E-state index >= 15 is 0 Å². The van der Waals surface area contributed by atoms with Crippen LogP contribution in [0.2, 0.25) is 0 Å². The van der Waals surface area contributed by atoms with E-state index in [2.05, 4.69) is 0 Å². The zero-order chi connectivity index (χ0) is 31.1. The Bertz CT molecular complexity index is 1580. The van der Waals surface area contributed by atoms with Gasteiger partial charge < -0.3 is 23.8 Å². The number of hydrogen-bond acceptors (Lipinski definition) is 10. The van der Waals surface area contributed by atoms with Crippen molar-refractivity contribution in [2.45, 2.75) is 20.3 Å². The Morgan fingerprint density at radius 2 is 1.53 bits per heavy atom. The second kappa shape index (κ2) is 13.6. The highest BCUT2D eigenvalue weighted by molar-refractivity contribution is 6.15. The number of carbonyl (C=O) groups is 3. The maximum absolute atomic E-state index is 13.5. The number of ketones is 1. The molecule has 0 aromatic heterocycles. The second-order valence-corrected chi connectivity index (χ2v) is 9.71. The summed E-state index contributed by atoms with van der Waals surface area (Å²) in [6.07, 6.45) is 3.75. The van der Waals surface area contributed by atoms with Gasteiger partial charge in [0.2, 0.25) is 0 Å². The molecule has 0 saturated carbocycles. The maximum Gasteiger partial charge on any atom is 0.302 e. The van der Waals surface area contributed by atoms with Crippen molar-refractivity contribution >= 4 is 41.2 Å². The van der Waals surface area contributed by atoms with Gasteiger partial charge in [0.25, 0.3) is 5.69 Å². The Kier molecular flexibility index (Phi) is 9.76. The summed E-state index contributed by atoms with van der Waals surface area (Å²) in [6.45, 7) is 3.45. The molecule has 0 saturated heterocycles. The molecule has 0 amide bonds. The SMILES string of the molecule is COc1cc(N(CCOC(C)=O)CCOC(C)=O)c(OC)cc1/C=C/c1ccc([N+](=O)[O-])c2c1C(=O)c1ccccc1C2. The van der Waals surface area contributed by atoms with Gasteiger partial charge in [-0.05, 0) is 23.3 Å². The number of carbonyl (C=O) groups excluding carboxylic acids is 3. The quantitative estimate of drug-likeness (QED) is 0.0978. The Morgan fingerprint density at radius 3 is 2.14 bits per heavy atom. The molecule has 0 aliphatic heterocycles. The smallest absolute Gasteiger partial charge is 0.302 e. The minimum absolute atomic E-state index is 0.0961. The minimum atomic E-state index is -0.463. The van der Waals surface area contributed by atoms with Crippen LogP contribution in [0.25, 0.3) is 12.2 Å². The molecule has 0 N–H and O–H groups in total. The molecule has 1 aliphatic rings. The van der Waals surface area contributed by atoms with Gasteiger partial charge in [0.15, 0.2) is 5.78 Å². The number of rotatable bonds is 12. The van der Waals surface area contributed by atoms with E-state index in [0.29, 0.717) is 58.1 Å². The molecule has 0 atom stereocenters. The fraction of sp³-hybridized carbons (Fsp3) is 0.281. The standard InChI is InChI=1S/C32H32N2O9/c1-20(35)42-15-13-33(14-16-43-21(2)36)28-19-29(40-3)24(18-30(28)41-4)10-9-22-11-12-27(34(38)39)26-17-23-7-5-6-8-25(23)32(37)31(22)26/h5-12,18-19H,13-17H2,1-4H3/b10-9+. The van der Waals surface area contributed by atoms with Crippen molar-refractivity contribution in [2.75, 3.05) is 45.4 Å². The first-order valence-electron chi connectivity index (χ1n) is 13.5. The fourth-order valence-electron chi connectivity index (χ4n) is 5.05. The number of nitrogens with zero attached hydrogens (tertiary/aromatic N) is 2. The number of ether oxygens (including phenoxy) is 4. The minimum Gasteiger partial charge on any atom is -0.496 e. The number of benzene rings is 3. The van der Waals surface area contributed by atoms with Crippen LogP contribution in [0.3, 0.4) is 0 Å². The molecule has 0 heterocycles. The molecule has 0 unspecified atom stereocenters. The number of fused-ring (bicyclic) bond motifs is 2. The predicted octanol–water partition coefficient (Wildman–Crippen LogP) is 4.85. The lowest BCUT2D eigenvalue weighted by atomic mass is 9.81. The van der Waals surface area contributed by atoms with Crippen LogP contribution in [0.15, 0.2) is 48.5 Å². The summed E-state index contributed by atoms with van der Waals surface area (Å²) < 4.78 is 21.6. The van der Waals surface area contributed by atoms with Gasteiger partial charge in [-0.25, -0.2) is 0 Å². The molecule has 1 aliphatic carbocycles.